The van der Waals surface area contributed by atoms with E-state index in [-0.39, 0.29) is 5.91 Å². The van der Waals surface area contributed by atoms with Gasteiger partial charge in [-0.1, -0.05) is 24.3 Å². The monoisotopic (exact) mass is 380 g/mol. The van der Waals surface area contributed by atoms with Gasteiger partial charge in [0, 0.05) is 3.57 Å². The van der Waals surface area contributed by atoms with Crippen molar-refractivity contribution in [3.8, 4) is 5.75 Å². The Kier molecular flexibility index (Phi) is 5.11. The SMILES string of the molecule is COc1cccc(C=NNC(=O)c2ccccc2I)c1. The molecular formula is C15H13IN2O2. The zero-order chi connectivity index (χ0) is 14.4. The molecule has 20 heavy (non-hydrogen) atoms. The van der Waals surface area contributed by atoms with Gasteiger partial charge in [0.05, 0.1) is 18.9 Å². The van der Waals surface area contributed by atoms with Crippen LogP contribution in [0.3, 0.4) is 0 Å². The number of rotatable bonds is 4. The number of ether oxygens (including phenoxy) is 1. The van der Waals surface area contributed by atoms with E-state index in [4.69, 9.17) is 4.74 Å². The van der Waals surface area contributed by atoms with E-state index in [1.165, 1.54) is 0 Å². The number of nitrogens with one attached hydrogen (secondary N) is 1. The molecule has 0 fully saturated rings. The molecule has 0 heterocycles. The predicted octanol–water partition coefficient (Wildman–Crippen LogP) is 3.06. The molecule has 0 aliphatic carbocycles. The molecule has 102 valence electrons. The quantitative estimate of drug-likeness (QED) is 0.504. The number of amides is 1. The summed E-state index contributed by atoms with van der Waals surface area (Å²) >= 11 is 2.12. The van der Waals surface area contributed by atoms with E-state index in [1.54, 1.807) is 19.4 Å². The molecule has 2 rings (SSSR count). The highest BCUT2D eigenvalue weighted by molar-refractivity contribution is 14.1. The van der Waals surface area contributed by atoms with Crippen molar-refractivity contribution in [2.75, 3.05) is 7.11 Å². The maximum absolute atomic E-state index is 11.9. The zero-order valence-corrected chi connectivity index (χ0v) is 13.0. The number of hydrogen-bond donors (Lipinski definition) is 1. The van der Waals surface area contributed by atoms with E-state index < -0.39 is 0 Å². The van der Waals surface area contributed by atoms with Gasteiger partial charge in [-0.05, 0) is 52.4 Å². The van der Waals surface area contributed by atoms with Gasteiger partial charge in [-0.25, -0.2) is 5.43 Å². The van der Waals surface area contributed by atoms with Gasteiger partial charge in [0.25, 0.3) is 5.91 Å². The summed E-state index contributed by atoms with van der Waals surface area (Å²) in [6.07, 6.45) is 1.58. The van der Waals surface area contributed by atoms with Crippen LogP contribution in [0.25, 0.3) is 0 Å². The molecule has 0 bridgehead atoms. The van der Waals surface area contributed by atoms with Crippen molar-refractivity contribution in [2.45, 2.75) is 0 Å². The van der Waals surface area contributed by atoms with Crippen molar-refractivity contribution in [3.63, 3.8) is 0 Å². The molecule has 0 unspecified atom stereocenters. The first kappa shape index (κ1) is 14.5. The Morgan fingerprint density at radius 3 is 2.80 bits per heavy atom. The largest absolute Gasteiger partial charge is 0.497 e. The first-order valence-electron chi connectivity index (χ1n) is 5.92. The number of hydrazone groups is 1. The first-order chi connectivity index (χ1) is 9.70. The number of hydrogen-bond acceptors (Lipinski definition) is 3. The topological polar surface area (TPSA) is 50.7 Å². The standard InChI is InChI=1S/C15H13IN2O2/c1-20-12-6-4-5-11(9-12)10-17-18-15(19)13-7-2-3-8-14(13)16/h2-10H,1H3,(H,18,19). The summed E-state index contributed by atoms with van der Waals surface area (Å²) in [6, 6.07) is 14.8. The van der Waals surface area contributed by atoms with E-state index in [2.05, 4.69) is 33.1 Å². The van der Waals surface area contributed by atoms with Crippen LogP contribution in [-0.2, 0) is 0 Å². The Morgan fingerprint density at radius 1 is 1.25 bits per heavy atom. The molecule has 1 amide bonds. The second-order valence-electron chi connectivity index (χ2n) is 3.96. The van der Waals surface area contributed by atoms with Crippen LogP contribution in [0.4, 0.5) is 0 Å². The molecule has 0 aliphatic heterocycles. The molecule has 4 nitrogen and oxygen atoms in total. The van der Waals surface area contributed by atoms with Crippen LogP contribution in [0.15, 0.2) is 53.6 Å². The average Bonchev–Trinajstić information content (AvgIpc) is 2.48. The highest BCUT2D eigenvalue weighted by Gasteiger charge is 2.07. The Bertz CT molecular complexity index is 641. The minimum Gasteiger partial charge on any atom is -0.497 e. The van der Waals surface area contributed by atoms with Gasteiger partial charge in [0.2, 0.25) is 0 Å². The lowest BCUT2D eigenvalue weighted by atomic mass is 10.2. The van der Waals surface area contributed by atoms with Crippen molar-refractivity contribution >= 4 is 34.7 Å². The van der Waals surface area contributed by atoms with E-state index >= 15 is 0 Å². The third-order valence-corrected chi connectivity index (χ3v) is 3.53. The first-order valence-corrected chi connectivity index (χ1v) is 7.00. The molecule has 1 N–H and O–H groups in total. The molecule has 0 aliphatic rings. The Hall–Kier alpha value is -1.89. The maximum atomic E-state index is 11.9. The number of methoxy groups -OCH3 is 1. The van der Waals surface area contributed by atoms with Crippen LogP contribution >= 0.6 is 22.6 Å². The van der Waals surface area contributed by atoms with Gasteiger partial charge < -0.3 is 4.74 Å². The molecule has 0 radical (unpaired) electrons. The van der Waals surface area contributed by atoms with E-state index in [0.717, 1.165) is 14.9 Å². The van der Waals surface area contributed by atoms with Crippen LogP contribution in [0.5, 0.6) is 5.75 Å². The lowest BCUT2D eigenvalue weighted by Crippen LogP contribution is -2.18. The van der Waals surface area contributed by atoms with Gasteiger partial charge in [0.1, 0.15) is 5.75 Å². The van der Waals surface area contributed by atoms with Crippen molar-refractivity contribution in [3.05, 3.63) is 63.2 Å². The summed E-state index contributed by atoms with van der Waals surface area (Å²) in [4.78, 5) is 11.9. The van der Waals surface area contributed by atoms with E-state index in [9.17, 15) is 4.79 Å². The third kappa shape index (κ3) is 3.80. The van der Waals surface area contributed by atoms with Crippen LogP contribution in [0.2, 0.25) is 0 Å². The summed E-state index contributed by atoms with van der Waals surface area (Å²) in [7, 11) is 1.61. The number of carbonyl (C=O) groups is 1. The molecule has 0 saturated heterocycles. The molecule has 2 aromatic carbocycles. The van der Waals surface area contributed by atoms with Crippen LogP contribution in [0.1, 0.15) is 15.9 Å². The van der Waals surface area contributed by atoms with Gasteiger partial charge in [0.15, 0.2) is 0 Å². The summed E-state index contributed by atoms with van der Waals surface area (Å²) in [6.45, 7) is 0. The fraction of sp³-hybridized carbons (Fsp3) is 0.0667. The van der Waals surface area contributed by atoms with Gasteiger partial charge in [-0.3, -0.25) is 4.79 Å². The van der Waals surface area contributed by atoms with Gasteiger partial charge in [-0.15, -0.1) is 0 Å². The molecule has 0 aromatic heterocycles. The Balaban J connectivity index is 2.03. The third-order valence-electron chi connectivity index (χ3n) is 2.59. The zero-order valence-electron chi connectivity index (χ0n) is 10.8. The highest BCUT2D eigenvalue weighted by Crippen LogP contribution is 2.12. The van der Waals surface area contributed by atoms with Gasteiger partial charge >= 0.3 is 0 Å². The van der Waals surface area contributed by atoms with Crippen molar-refractivity contribution in [2.24, 2.45) is 5.10 Å². The second kappa shape index (κ2) is 7.04. The number of halogens is 1. The van der Waals surface area contributed by atoms with Crippen LogP contribution in [-0.4, -0.2) is 19.2 Å². The summed E-state index contributed by atoms with van der Waals surface area (Å²) in [5, 5.41) is 3.95. The van der Waals surface area contributed by atoms with E-state index in [0.29, 0.717) is 5.56 Å². The van der Waals surface area contributed by atoms with E-state index in [1.807, 2.05) is 42.5 Å². The molecule has 0 spiro atoms. The minimum absolute atomic E-state index is 0.228. The molecule has 5 heteroatoms. The van der Waals surface area contributed by atoms with Crippen molar-refractivity contribution in [1.29, 1.82) is 0 Å². The lowest BCUT2D eigenvalue weighted by Gasteiger charge is -2.02. The van der Waals surface area contributed by atoms with Crippen molar-refractivity contribution in [1.82, 2.24) is 5.43 Å². The highest BCUT2D eigenvalue weighted by atomic mass is 127. The van der Waals surface area contributed by atoms with Crippen LogP contribution in [0, 0.1) is 3.57 Å². The molecule has 0 atom stereocenters. The second-order valence-corrected chi connectivity index (χ2v) is 5.12. The Morgan fingerprint density at radius 2 is 2.05 bits per heavy atom. The normalized spacial score (nSPS) is 10.5. The number of benzene rings is 2. The molecular weight excluding hydrogens is 367 g/mol. The fourth-order valence-corrected chi connectivity index (χ4v) is 2.23. The predicted molar refractivity (Wildman–Crippen MR) is 87.2 cm³/mol. The maximum Gasteiger partial charge on any atom is 0.272 e. The van der Waals surface area contributed by atoms with Crippen molar-refractivity contribution < 1.29 is 9.53 Å². The molecule has 0 saturated carbocycles. The average molecular weight is 380 g/mol. The van der Waals surface area contributed by atoms with Gasteiger partial charge in [-0.2, -0.15) is 5.10 Å². The number of nitrogens with zero attached hydrogens (tertiary/aromatic N) is 1. The summed E-state index contributed by atoms with van der Waals surface area (Å²) in [5.41, 5.74) is 3.97. The Labute approximate surface area is 131 Å². The summed E-state index contributed by atoms with van der Waals surface area (Å²) in [5.74, 6) is 0.520. The molecule has 2 aromatic rings. The summed E-state index contributed by atoms with van der Waals surface area (Å²) < 4.78 is 6.01. The number of carbonyl (C=O) groups excluding carboxylic acids is 1. The fourth-order valence-electron chi connectivity index (χ4n) is 1.59. The van der Waals surface area contributed by atoms with Crippen LogP contribution < -0.4 is 10.2 Å². The minimum atomic E-state index is -0.228. The smallest absolute Gasteiger partial charge is 0.272 e. The lowest BCUT2D eigenvalue weighted by molar-refractivity contribution is 0.0954.